The second kappa shape index (κ2) is 15.8. The number of rotatable bonds is 14. The average molecular weight is 551 g/mol. The third-order valence-corrected chi connectivity index (χ3v) is 7.14. The van der Waals surface area contributed by atoms with Gasteiger partial charge < -0.3 is 19.8 Å². The van der Waals surface area contributed by atoms with Gasteiger partial charge in [-0.2, -0.15) is 0 Å². The fourth-order valence-corrected chi connectivity index (χ4v) is 4.84. The summed E-state index contributed by atoms with van der Waals surface area (Å²) in [6.07, 6.45) is 3.84. The van der Waals surface area contributed by atoms with Crippen LogP contribution >= 0.6 is 0 Å². The number of carbonyl (C=O) groups is 4. The van der Waals surface area contributed by atoms with Crippen molar-refractivity contribution in [3.63, 3.8) is 0 Å². The molecule has 3 rings (SSSR count). The second-order valence-corrected chi connectivity index (χ2v) is 10.4. The molecule has 0 atom stereocenters. The monoisotopic (exact) mass is 550 g/mol. The lowest BCUT2D eigenvalue weighted by Crippen LogP contribution is -2.49. The molecule has 216 valence electrons. The summed E-state index contributed by atoms with van der Waals surface area (Å²) in [5, 5.41) is 9.54. The molecule has 0 spiro atoms. The minimum Gasteiger partial charge on any atom is -0.508 e. The molecule has 1 aliphatic heterocycles. The molecule has 0 radical (unpaired) electrons. The summed E-state index contributed by atoms with van der Waals surface area (Å²) >= 11 is 0. The first-order chi connectivity index (χ1) is 19.2. The van der Waals surface area contributed by atoms with Crippen molar-refractivity contribution in [2.45, 2.75) is 46.1 Å². The summed E-state index contributed by atoms with van der Waals surface area (Å²) < 4.78 is 0. The lowest BCUT2D eigenvalue weighted by molar-refractivity contribution is -0.145. The van der Waals surface area contributed by atoms with E-state index in [1.807, 2.05) is 37.3 Å². The number of hydrogen-bond acceptors (Lipinski definition) is 6. The zero-order valence-corrected chi connectivity index (χ0v) is 23.8. The van der Waals surface area contributed by atoms with Crippen molar-refractivity contribution in [1.82, 2.24) is 19.6 Å². The van der Waals surface area contributed by atoms with Gasteiger partial charge in [-0.3, -0.25) is 24.1 Å². The number of likely N-dealkylation sites (tertiary alicyclic amines) is 1. The Morgan fingerprint density at radius 1 is 0.750 bits per heavy atom. The van der Waals surface area contributed by atoms with Gasteiger partial charge in [0, 0.05) is 19.6 Å². The third-order valence-electron chi connectivity index (χ3n) is 7.14. The van der Waals surface area contributed by atoms with Gasteiger partial charge in [0.25, 0.3) is 0 Å². The first kappa shape index (κ1) is 30.8. The van der Waals surface area contributed by atoms with Gasteiger partial charge in [-0.15, -0.1) is 0 Å². The zero-order chi connectivity index (χ0) is 28.9. The number of nitrogens with zero attached hydrogens (tertiary/aromatic N) is 4. The number of phenols is 1. The van der Waals surface area contributed by atoms with Crippen molar-refractivity contribution in [2.24, 2.45) is 0 Å². The number of piperidine rings is 1. The molecule has 1 fully saturated rings. The molecule has 1 aliphatic rings. The van der Waals surface area contributed by atoms with Gasteiger partial charge in [-0.25, -0.2) is 0 Å². The predicted octanol–water partition coefficient (Wildman–Crippen LogP) is 2.72. The van der Waals surface area contributed by atoms with Gasteiger partial charge >= 0.3 is 0 Å². The number of phenolic OH excluding ortho intramolecular Hbond substituents is 1. The molecule has 0 aliphatic carbocycles. The van der Waals surface area contributed by atoms with E-state index in [9.17, 15) is 24.3 Å². The maximum atomic E-state index is 13.6. The van der Waals surface area contributed by atoms with E-state index < -0.39 is 0 Å². The van der Waals surface area contributed by atoms with Gasteiger partial charge in [0.1, 0.15) is 18.1 Å². The number of carbonyl (C=O) groups excluding carboxylic acids is 4. The van der Waals surface area contributed by atoms with Crippen molar-refractivity contribution in [1.29, 1.82) is 0 Å². The number of hydrogen-bond donors (Lipinski definition) is 1. The van der Waals surface area contributed by atoms with Crippen LogP contribution in [0, 0.1) is 0 Å². The largest absolute Gasteiger partial charge is 0.508 e. The van der Waals surface area contributed by atoms with E-state index in [2.05, 4.69) is 4.90 Å². The first-order valence-electron chi connectivity index (χ1n) is 14.1. The highest BCUT2D eigenvalue weighted by molar-refractivity contribution is 5.90. The van der Waals surface area contributed by atoms with Crippen LogP contribution in [0.5, 0.6) is 5.75 Å². The molecule has 0 unspecified atom stereocenters. The van der Waals surface area contributed by atoms with Gasteiger partial charge in [0.15, 0.2) is 0 Å². The summed E-state index contributed by atoms with van der Waals surface area (Å²) in [6, 6.07) is 16.1. The van der Waals surface area contributed by atoms with E-state index in [4.69, 9.17) is 0 Å². The molecule has 1 heterocycles. The Bertz CT molecular complexity index is 1120. The van der Waals surface area contributed by atoms with Crippen molar-refractivity contribution in [2.75, 3.05) is 52.4 Å². The molecule has 0 aromatic heterocycles. The Morgan fingerprint density at radius 3 is 2.00 bits per heavy atom. The van der Waals surface area contributed by atoms with E-state index in [0.29, 0.717) is 26.1 Å². The molecule has 40 heavy (non-hydrogen) atoms. The standard InChI is InChI=1S/C31H42N4O5/c1-3-33(29(38)22-32-17-8-5-9-18-32)23-31(40)35(21-27-10-6-4-7-11-27)24-30(39)34(20-25(2)36)19-16-26-12-14-28(37)15-13-26/h4,6-7,10-15,37H,3,5,8-9,16-24H2,1-2H3. The highest BCUT2D eigenvalue weighted by atomic mass is 16.3. The highest BCUT2D eigenvalue weighted by Crippen LogP contribution is 2.13. The van der Waals surface area contributed by atoms with Crippen LogP contribution in [0.2, 0.25) is 0 Å². The van der Waals surface area contributed by atoms with Crippen molar-refractivity contribution < 1.29 is 24.3 Å². The number of ketones is 1. The van der Waals surface area contributed by atoms with Crippen LogP contribution in [0.4, 0.5) is 0 Å². The molecular weight excluding hydrogens is 508 g/mol. The molecule has 0 saturated carbocycles. The average Bonchev–Trinajstić information content (AvgIpc) is 2.95. The van der Waals surface area contributed by atoms with Crippen LogP contribution in [-0.4, -0.2) is 101 Å². The van der Waals surface area contributed by atoms with E-state index in [1.165, 1.54) is 23.1 Å². The number of Topliss-reactive ketones (excluding diaryl/α,β-unsaturated/α-hetero) is 1. The van der Waals surface area contributed by atoms with E-state index >= 15 is 0 Å². The Kier molecular flexibility index (Phi) is 12.1. The molecule has 3 amide bonds. The van der Waals surface area contributed by atoms with Gasteiger partial charge in [0.2, 0.25) is 17.7 Å². The zero-order valence-electron chi connectivity index (χ0n) is 23.8. The van der Waals surface area contributed by atoms with Crippen molar-refractivity contribution in [3.8, 4) is 5.75 Å². The van der Waals surface area contributed by atoms with Crippen LogP contribution < -0.4 is 0 Å². The molecule has 9 nitrogen and oxygen atoms in total. The van der Waals surface area contributed by atoms with E-state index in [-0.39, 0.29) is 55.4 Å². The van der Waals surface area contributed by atoms with Crippen LogP contribution in [0.15, 0.2) is 54.6 Å². The maximum absolute atomic E-state index is 13.6. The Balaban J connectivity index is 1.71. The Labute approximate surface area is 237 Å². The highest BCUT2D eigenvalue weighted by Gasteiger charge is 2.26. The van der Waals surface area contributed by atoms with Crippen molar-refractivity contribution >= 4 is 23.5 Å². The lowest BCUT2D eigenvalue weighted by atomic mass is 10.1. The SMILES string of the molecule is CCN(CC(=O)N(CC(=O)N(CCc1ccc(O)cc1)CC(C)=O)Cc1ccccc1)C(=O)CN1CCCCC1. The Morgan fingerprint density at radius 2 is 1.38 bits per heavy atom. The van der Waals surface area contributed by atoms with Gasteiger partial charge in [-0.05, 0) is 69.5 Å². The molecule has 1 N–H and O–H groups in total. The number of aromatic hydroxyl groups is 1. The Hall–Kier alpha value is -3.72. The minimum absolute atomic E-state index is 0.0559. The summed E-state index contributed by atoms with van der Waals surface area (Å²) in [7, 11) is 0. The summed E-state index contributed by atoms with van der Waals surface area (Å²) in [5.41, 5.74) is 1.79. The third kappa shape index (κ3) is 10.1. The van der Waals surface area contributed by atoms with Gasteiger partial charge in [0.05, 0.1) is 19.6 Å². The quantitative estimate of drug-likeness (QED) is 0.388. The summed E-state index contributed by atoms with van der Waals surface area (Å²) in [5.74, 6) is -0.726. The molecule has 9 heteroatoms. The molecule has 2 aromatic rings. The van der Waals surface area contributed by atoms with Crippen molar-refractivity contribution in [3.05, 3.63) is 65.7 Å². The molecular formula is C31H42N4O5. The smallest absolute Gasteiger partial charge is 0.242 e. The topological polar surface area (TPSA) is 101 Å². The van der Waals surface area contributed by atoms with E-state index in [0.717, 1.165) is 37.1 Å². The van der Waals surface area contributed by atoms with Crippen LogP contribution in [0.25, 0.3) is 0 Å². The fraction of sp³-hybridized carbons (Fsp3) is 0.484. The van der Waals surface area contributed by atoms with Crippen LogP contribution in [-0.2, 0) is 32.1 Å². The molecule has 2 aromatic carbocycles. The lowest BCUT2D eigenvalue weighted by Gasteiger charge is -2.31. The molecule has 1 saturated heterocycles. The minimum atomic E-state index is -0.332. The van der Waals surface area contributed by atoms with Crippen LogP contribution in [0.1, 0.15) is 44.2 Å². The van der Waals surface area contributed by atoms with E-state index in [1.54, 1.807) is 29.2 Å². The number of amides is 3. The predicted molar refractivity (Wildman–Crippen MR) is 153 cm³/mol. The normalized spacial score (nSPS) is 13.4. The fourth-order valence-electron chi connectivity index (χ4n) is 4.84. The number of benzene rings is 2. The van der Waals surface area contributed by atoms with Gasteiger partial charge in [-0.1, -0.05) is 48.9 Å². The summed E-state index contributed by atoms with van der Waals surface area (Å²) in [4.78, 5) is 58.7. The second-order valence-electron chi connectivity index (χ2n) is 10.4. The van der Waals surface area contributed by atoms with Crippen LogP contribution in [0.3, 0.4) is 0 Å². The first-order valence-corrected chi connectivity index (χ1v) is 14.1. The number of likely N-dealkylation sites (N-methyl/N-ethyl adjacent to an activating group) is 1. The summed E-state index contributed by atoms with van der Waals surface area (Å²) in [6.45, 7) is 5.91. The molecule has 0 bridgehead atoms. The maximum Gasteiger partial charge on any atom is 0.242 e.